The van der Waals surface area contributed by atoms with Gasteiger partial charge in [-0.2, -0.15) is 0 Å². The number of Topliss-reactive ketones (excluding diaryl/α,β-unsaturated/α-hetero) is 1. The largest absolute Gasteiger partial charge is 0.497 e. The Morgan fingerprint density at radius 1 is 0.923 bits per heavy atom. The van der Waals surface area contributed by atoms with Crippen LogP contribution in [0.25, 0.3) is 10.8 Å². The van der Waals surface area contributed by atoms with Crippen LogP contribution in [-0.4, -0.2) is 25.5 Å². The van der Waals surface area contributed by atoms with E-state index >= 15 is 0 Å². The molecule has 26 heavy (non-hydrogen) atoms. The molecule has 0 fully saturated rings. The fourth-order valence-corrected chi connectivity index (χ4v) is 3.49. The lowest BCUT2D eigenvalue weighted by atomic mass is 10.00. The number of carbonyl (C=O) groups is 2. The summed E-state index contributed by atoms with van der Waals surface area (Å²) in [5.74, 6) is -0.0409. The van der Waals surface area contributed by atoms with Crippen molar-refractivity contribution in [3.05, 3.63) is 76.9 Å². The number of ether oxygens (including phenoxy) is 2. The number of aryl methyl sites for hydroxylation is 2. The molecule has 0 unspecified atom stereocenters. The van der Waals surface area contributed by atoms with Crippen molar-refractivity contribution in [3.8, 4) is 5.75 Å². The lowest BCUT2D eigenvalue weighted by molar-refractivity contribution is 0.0476. The molecule has 0 N–H and O–H groups in total. The van der Waals surface area contributed by atoms with E-state index in [9.17, 15) is 9.59 Å². The minimum absolute atomic E-state index is 0.244. The number of methoxy groups -OCH3 is 1. The van der Waals surface area contributed by atoms with Gasteiger partial charge in [0, 0.05) is 5.56 Å². The van der Waals surface area contributed by atoms with E-state index in [0.29, 0.717) is 16.9 Å². The van der Waals surface area contributed by atoms with Crippen LogP contribution in [0.5, 0.6) is 5.75 Å². The fraction of sp³-hybridized carbons (Fsp3) is 0.182. The van der Waals surface area contributed by atoms with Gasteiger partial charge in [-0.3, -0.25) is 4.79 Å². The van der Waals surface area contributed by atoms with E-state index in [0.717, 1.165) is 23.6 Å². The summed E-state index contributed by atoms with van der Waals surface area (Å²) in [5, 5.41) is 2.06. The summed E-state index contributed by atoms with van der Waals surface area (Å²) >= 11 is 0. The summed E-state index contributed by atoms with van der Waals surface area (Å²) in [6.07, 6.45) is 2.00. The van der Waals surface area contributed by atoms with Crippen molar-refractivity contribution in [2.45, 2.75) is 12.8 Å². The van der Waals surface area contributed by atoms with Gasteiger partial charge in [0.15, 0.2) is 12.4 Å². The van der Waals surface area contributed by atoms with Crippen LogP contribution in [0.1, 0.15) is 31.8 Å². The highest BCUT2D eigenvalue weighted by atomic mass is 16.5. The number of benzene rings is 3. The molecule has 0 bridgehead atoms. The Kier molecular flexibility index (Phi) is 4.17. The number of carbonyl (C=O) groups excluding carboxylic acids is 2. The minimum Gasteiger partial charge on any atom is -0.497 e. The maximum absolute atomic E-state index is 12.5. The van der Waals surface area contributed by atoms with Gasteiger partial charge in [0.2, 0.25) is 0 Å². The monoisotopic (exact) mass is 346 g/mol. The molecule has 0 aromatic heterocycles. The summed E-state index contributed by atoms with van der Waals surface area (Å²) in [7, 11) is 1.57. The molecule has 0 aliphatic heterocycles. The first-order chi connectivity index (χ1) is 12.7. The lowest BCUT2D eigenvalue weighted by Crippen LogP contribution is -2.14. The van der Waals surface area contributed by atoms with Gasteiger partial charge in [0.1, 0.15) is 5.75 Å². The highest BCUT2D eigenvalue weighted by Crippen LogP contribution is 2.33. The summed E-state index contributed by atoms with van der Waals surface area (Å²) < 4.78 is 10.4. The maximum Gasteiger partial charge on any atom is 0.339 e. The van der Waals surface area contributed by atoms with Crippen LogP contribution < -0.4 is 4.74 Å². The van der Waals surface area contributed by atoms with Crippen LogP contribution in [0.2, 0.25) is 0 Å². The van der Waals surface area contributed by atoms with Gasteiger partial charge >= 0.3 is 5.97 Å². The smallest absolute Gasteiger partial charge is 0.339 e. The first kappa shape index (κ1) is 16.3. The predicted molar refractivity (Wildman–Crippen MR) is 99.0 cm³/mol. The summed E-state index contributed by atoms with van der Waals surface area (Å²) in [6, 6.07) is 16.5. The van der Waals surface area contributed by atoms with Gasteiger partial charge in [-0.05, 0) is 65.1 Å². The number of rotatable bonds is 5. The molecule has 0 heterocycles. The van der Waals surface area contributed by atoms with Crippen molar-refractivity contribution in [1.29, 1.82) is 0 Å². The summed E-state index contributed by atoms with van der Waals surface area (Å²) in [6.45, 7) is -0.284. The second-order valence-corrected chi connectivity index (χ2v) is 6.34. The summed E-state index contributed by atoms with van der Waals surface area (Å²) in [4.78, 5) is 24.8. The molecular weight excluding hydrogens is 328 g/mol. The molecule has 4 nitrogen and oxygen atoms in total. The Bertz CT molecular complexity index is 992. The third-order valence-electron chi connectivity index (χ3n) is 4.84. The van der Waals surface area contributed by atoms with Crippen molar-refractivity contribution in [3.63, 3.8) is 0 Å². The molecule has 0 spiro atoms. The molecule has 4 rings (SSSR count). The molecule has 0 amide bonds. The molecule has 0 saturated carbocycles. The third-order valence-corrected chi connectivity index (χ3v) is 4.84. The van der Waals surface area contributed by atoms with Crippen LogP contribution in [0, 0.1) is 0 Å². The Balaban J connectivity index is 1.52. The number of esters is 1. The topological polar surface area (TPSA) is 52.6 Å². The van der Waals surface area contributed by atoms with E-state index in [-0.39, 0.29) is 12.4 Å². The lowest BCUT2D eigenvalue weighted by Gasteiger charge is -2.09. The molecule has 4 heteroatoms. The van der Waals surface area contributed by atoms with E-state index in [1.54, 1.807) is 37.4 Å². The number of ketones is 1. The quantitative estimate of drug-likeness (QED) is 0.518. The Morgan fingerprint density at radius 2 is 1.65 bits per heavy atom. The molecule has 1 aliphatic rings. The molecule has 0 atom stereocenters. The van der Waals surface area contributed by atoms with Crippen molar-refractivity contribution in [1.82, 2.24) is 0 Å². The minimum atomic E-state index is -0.470. The SMILES string of the molecule is COc1ccc(C(=O)COC(=O)c2ccc3c4c(cccc24)CC3)cc1. The van der Waals surface area contributed by atoms with E-state index in [1.807, 2.05) is 18.2 Å². The van der Waals surface area contributed by atoms with Gasteiger partial charge in [-0.1, -0.05) is 24.3 Å². The van der Waals surface area contributed by atoms with Gasteiger partial charge in [-0.25, -0.2) is 4.79 Å². The first-order valence-electron chi connectivity index (χ1n) is 8.55. The van der Waals surface area contributed by atoms with Gasteiger partial charge < -0.3 is 9.47 Å². The second kappa shape index (κ2) is 6.64. The number of hydrogen-bond donors (Lipinski definition) is 0. The van der Waals surface area contributed by atoms with Gasteiger partial charge in [0.25, 0.3) is 0 Å². The second-order valence-electron chi connectivity index (χ2n) is 6.34. The van der Waals surface area contributed by atoms with Crippen LogP contribution in [0.3, 0.4) is 0 Å². The highest BCUT2D eigenvalue weighted by molar-refractivity contribution is 6.08. The van der Waals surface area contributed by atoms with Crippen molar-refractivity contribution in [2.24, 2.45) is 0 Å². The molecule has 130 valence electrons. The molecule has 1 aliphatic carbocycles. The molecular formula is C22H18O4. The standard InChI is InChI=1S/C22H18O4/c1-25-17-10-7-14(8-11-17)20(23)13-26-22(24)19-12-9-16-6-5-15-3-2-4-18(19)21(15)16/h2-4,7-12H,5-6,13H2,1H3. The van der Waals surface area contributed by atoms with Crippen LogP contribution in [-0.2, 0) is 17.6 Å². The molecule has 0 radical (unpaired) electrons. The molecule has 0 saturated heterocycles. The normalized spacial score (nSPS) is 12.2. The van der Waals surface area contributed by atoms with Crippen molar-refractivity contribution in [2.75, 3.05) is 13.7 Å². The zero-order chi connectivity index (χ0) is 18.1. The van der Waals surface area contributed by atoms with Crippen molar-refractivity contribution < 1.29 is 19.1 Å². The summed E-state index contributed by atoms with van der Waals surface area (Å²) in [5.41, 5.74) is 3.52. The Morgan fingerprint density at radius 3 is 2.38 bits per heavy atom. The first-order valence-corrected chi connectivity index (χ1v) is 8.55. The van der Waals surface area contributed by atoms with E-state index in [4.69, 9.17) is 9.47 Å². The Hall–Kier alpha value is -3.14. The van der Waals surface area contributed by atoms with Crippen LogP contribution in [0.4, 0.5) is 0 Å². The zero-order valence-corrected chi connectivity index (χ0v) is 14.5. The fourth-order valence-electron chi connectivity index (χ4n) is 3.49. The van der Waals surface area contributed by atoms with Crippen LogP contribution >= 0.6 is 0 Å². The zero-order valence-electron chi connectivity index (χ0n) is 14.5. The predicted octanol–water partition coefficient (Wildman–Crippen LogP) is 3.99. The molecule has 3 aromatic carbocycles. The number of hydrogen-bond acceptors (Lipinski definition) is 4. The van der Waals surface area contributed by atoms with Gasteiger partial charge in [-0.15, -0.1) is 0 Å². The third kappa shape index (κ3) is 2.84. The Labute approximate surface area is 151 Å². The van der Waals surface area contributed by atoms with E-state index in [2.05, 4.69) is 6.07 Å². The van der Waals surface area contributed by atoms with Crippen LogP contribution in [0.15, 0.2) is 54.6 Å². The average Bonchev–Trinajstić information content (AvgIpc) is 3.11. The van der Waals surface area contributed by atoms with Crippen molar-refractivity contribution >= 4 is 22.5 Å². The highest BCUT2D eigenvalue weighted by Gasteiger charge is 2.20. The van der Waals surface area contributed by atoms with Gasteiger partial charge in [0.05, 0.1) is 12.7 Å². The average molecular weight is 346 g/mol. The molecule has 3 aromatic rings. The van der Waals surface area contributed by atoms with E-state index in [1.165, 1.54) is 11.1 Å². The van der Waals surface area contributed by atoms with E-state index < -0.39 is 5.97 Å². The maximum atomic E-state index is 12.5.